The van der Waals surface area contributed by atoms with Gasteiger partial charge in [-0.05, 0) is 62.2 Å². The van der Waals surface area contributed by atoms with Crippen molar-refractivity contribution >= 4 is 29.5 Å². The first-order valence-corrected chi connectivity index (χ1v) is 12.7. The molecule has 2 aromatic carbocycles. The Hall–Kier alpha value is -3.26. The Bertz CT molecular complexity index is 974. The molecular weight excluding hydrogens is 484 g/mol. The molecule has 9 heteroatoms. The number of carbonyl (C=O) groups is 3. The van der Waals surface area contributed by atoms with Crippen LogP contribution in [0.5, 0.6) is 17.2 Å². The minimum Gasteiger partial charge on any atom is -0.492 e. The van der Waals surface area contributed by atoms with Crippen LogP contribution in [0.2, 0.25) is 5.02 Å². The van der Waals surface area contributed by atoms with E-state index in [2.05, 4.69) is 0 Å². The van der Waals surface area contributed by atoms with Crippen molar-refractivity contribution in [3.63, 3.8) is 0 Å². The van der Waals surface area contributed by atoms with Crippen LogP contribution in [0.15, 0.2) is 48.5 Å². The van der Waals surface area contributed by atoms with Crippen molar-refractivity contribution in [1.29, 1.82) is 0 Å². The van der Waals surface area contributed by atoms with E-state index in [1.165, 1.54) is 4.90 Å². The van der Waals surface area contributed by atoms with Crippen molar-refractivity contribution in [2.75, 3.05) is 32.8 Å². The van der Waals surface area contributed by atoms with Crippen LogP contribution < -0.4 is 9.47 Å². The molecule has 0 unspecified atom stereocenters. The summed E-state index contributed by atoms with van der Waals surface area (Å²) in [6.07, 6.45) is 2.48. The summed E-state index contributed by atoms with van der Waals surface area (Å²) in [5.41, 5.74) is 0. The zero-order valence-electron chi connectivity index (χ0n) is 21.2. The normalized spacial score (nSPS) is 10.4. The maximum absolute atomic E-state index is 13.0. The summed E-state index contributed by atoms with van der Waals surface area (Å²) >= 11 is 5.98. The van der Waals surface area contributed by atoms with Gasteiger partial charge in [-0.25, -0.2) is 9.69 Å². The van der Waals surface area contributed by atoms with E-state index in [9.17, 15) is 14.4 Å². The van der Waals surface area contributed by atoms with E-state index in [0.29, 0.717) is 35.4 Å². The zero-order valence-corrected chi connectivity index (χ0v) is 22.0. The smallest absolute Gasteiger partial charge is 0.417 e. The number of halogens is 1. The second-order valence-electron chi connectivity index (χ2n) is 8.03. The number of hydrogen-bond acceptors (Lipinski definition) is 6. The Kier molecular flexibility index (Phi) is 12.6. The number of carbonyl (C=O) groups excluding carboxylic acids is 3. The van der Waals surface area contributed by atoms with E-state index >= 15 is 0 Å². The van der Waals surface area contributed by atoms with Gasteiger partial charge < -0.3 is 19.1 Å². The van der Waals surface area contributed by atoms with Gasteiger partial charge in [0.05, 0.1) is 13.2 Å². The summed E-state index contributed by atoms with van der Waals surface area (Å²) < 4.78 is 16.5. The molecule has 0 saturated carbocycles. The van der Waals surface area contributed by atoms with Crippen molar-refractivity contribution in [1.82, 2.24) is 9.80 Å². The largest absolute Gasteiger partial charge is 0.492 e. The highest BCUT2D eigenvalue weighted by molar-refractivity contribution is 6.37. The maximum atomic E-state index is 13.0. The van der Waals surface area contributed by atoms with E-state index in [1.807, 2.05) is 13.8 Å². The lowest BCUT2D eigenvalue weighted by Crippen LogP contribution is -2.49. The first-order valence-electron chi connectivity index (χ1n) is 12.3. The predicted molar refractivity (Wildman–Crippen MR) is 139 cm³/mol. The average molecular weight is 519 g/mol. The number of hydrogen-bond donors (Lipinski definition) is 0. The first kappa shape index (κ1) is 29.0. The van der Waals surface area contributed by atoms with Crippen molar-refractivity contribution in [3.05, 3.63) is 53.6 Å². The standard InChI is InChI=1S/C27H35ClN2O6/c1-4-7-16-29(17-8-5-2)25(31)26(32)30(27(33)34-6-3)18-19-35-22-12-14-23(15-13-22)36-24-11-9-10-21(28)20-24/h9-15,20H,4-8,16-19H2,1-3H3. The molecule has 0 heterocycles. The Labute approximate surface area is 218 Å². The molecular formula is C27H35ClN2O6. The zero-order chi connectivity index (χ0) is 26.3. The summed E-state index contributed by atoms with van der Waals surface area (Å²) in [6.45, 7) is 6.57. The van der Waals surface area contributed by atoms with Gasteiger partial charge in [-0.1, -0.05) is 44.4 Å². The van der Waals surface area contributed by atoms with Crippen LogP contribution >= 0.6 is 11.6 Å². The van der Waals surface area contributed by atoms with E-state index in [-0.39, 0.29) is 19.8 Å². The molecule has 0 aliphatic rings. The van der Waals surface area contributed by atoms with E-state index in [4.69, 9.17) is 25.8 Å². The summed E-state index contributed by atoms with van der Waals surface area (Å²) in [5.74, 6) is 0.111. The number of rotatable bonds is 13. The van der Waals surface area contributed by atoms with Crippen molar-refractivity contribution in [2.24, 2.45) is 0 Å². The third kappa shape index (κ3) is 9.41. The first-order chi connectivity index (χ1) is 17.4. The molecule has 0 radical (unpaired) electrons. The molecule has 0 spiro atoms. The molecule has 0 N–H and O–H groups in total. The Morgan fingerprint density at radius 2 is 1.44 bits per heavy atom. The monoisotopic (exact) mass is 518 g/mol. The second kappa shape index (κ2) is 15.7. The lowest BCUT2D eigenvalue weighted by molar-refractivity contribution is -0.151. The van der Waals surface area contributed by atoms with Gasteiger partial charge in [0.15, 0.2) is 0 Å². The summed E-state index contributed by atoms with van der Waals surface area (Å²) in [6, 6.07) is 13.9. The van der Waals surface area contributed by atoms with Crippen LogP contribution in [-0.2, 0) is 14.3 Å². The lowest BCUT2D eigenvalue weighted by atomic mass is 10.2. The van der Waals surface area contributed by atoms with E-state index in [0.717, 1.165) is 30.6 Å². The lowest BCUT2D eigenvalue weighted by Gasteiger charge is -2.25. The van der Waals surface area contributed by atoms with Crippen molar-refractivity contribution in [2.45, 2.75) is 46.5 Å². The molecule has 36 heavy (non-hydrogen) atoms. The van der Waals surface area contributed by atoms with Gasteiger partial charge in [-0.2, -0.15) is 0 Å². The van der Waals surface area contributed by atoms with Crippen LogP contribution in [0, 0.1) is 0 Å². The molecule has 0 bridgehead atoms. The molecule has 2 rings (SSSR count). The number of ether oxygens (including phenoxy) is 3. The molecule has 0 fully saturated rings. The SMILES string of the molecule is CCCCN(CCCC)C(=O)C(=O)N(CCOc1ccc(Oc2cccc(Cl)c2)cc1)C(=O)OCC. The molecule has 2 aromatic rings. The minimum atomic E-state index is -0.908. The molecule has 0 aliphatic carbocycles. The van der Waals surface area contributed by atoms with Crippen molar-refractivity contribution in [3.8, 4) is 17.2 Å². The number of amides is 3. The number of benzene rings is 2. The fraction of sp³-hybridized carbons (Fsp3) is 0.444. The molecule has 0 atom stereocenters. The fourth-order valence-electron chi connectivity index (χ4n) is 3.27. The van der Waals surface area contributed by atoms with Gasteiger partial charge in [0.1, 0.15) is 23.9 Å². The van der Waals surface area contributed by atoms with Gasteiger partial charge in [-0.15, -0.1) is 0 Å². The molecule has 196 valence electrons. The van der Waals surface area contributed by atoms with Crippen LogP contribution in [0.1, 0.15) is 46.5 Å². The van der Waals surface area contributed by atoms with Gasteiger partial charge in [-0.3, -0.25) is 9.59 Å². The molecule has 0 saturated heterocycles. The van der Waals surface area contributed by atoms with Crippen LogP contribution in [0.4, 0.5) is 4.79 Å². The van der Waals surface area contributed by atoms with Crippen LogP contribution in [0.3, 0.4) is 0 Å². The predicted octanol–water partition coefficient (Wildman–Crippen LogP) is 5.93. The number of nitrogens with zero attached hydrogens (tertiary/aromatic N) is 2. The molecule has 8 nitrogen and oxygen atoms in total. The molecule has 0 aromatic heterocycles. The highest BCUT2D eigenvalue weighted by Crippen LogP contribution is 2.25. The minimum absolute atomic E-state index is 0.00372. The molecule has 0 aliphatic heterocycles. The second-order valence-corrected chi connectivity index (χ2v) is 8.47. The van der Waals surface area contributed by atoms with Crippen molar-refractivity contribution < 1.29 is 28.6 Å². The highest BCUT2D eigenvalue weighted by Gasteiger charge is 2.31. The number of imide groups is 1. The van der Waals surface area contributed by atoms with Crippen LogP contribution in [-0.4, -0.2) is 60.6 Å². The Morgan fingerprint density at radius 3 is 2.03 bits per heavy atom. The van der Waals surface area contributed by atoms with E-state index in [1.54, 1.807) is 55.5 Å². The van der Waals surface area contributed by atoms with Gasteiger partial charge in [0.2, 0.25) is 0 Å². The van der Waals surface area contributed by atoms with Gasteiger partial charge in [0.25, 0.3) is 0 Å². The summed E-state index contributed by atoms with van der Waals surface area (Å²) in [4.78, 5) is 40.7. The Balaban J connectivity index is 1.99. The Morgan fingerprint density at radius 1 is 0.806 bits per heavy atom. The summed E-state index contributed by atoms with van der Waals surface area (Å²) in [5, 5.41) is 0.575. The highest BCUT2D eigenvalue weighted by atomic mass is 35.5. The van der Waals surface area contributed by atoms with E-state index < -0.39 is 17.9 Å². The maximum Gasteiger partial charge on any atom is 0.417 e. The third-order valence-corrected chi connectivity index (χ3v) is 5.44. The van der Waals surface area contributed by atoms with Crippen LogP contribution in [0.25, 0.3) is 0 Å². The topological polar surface area (TPSA) is 85.4 Å². The average Bonchev–Trinajstić information content (AvgIpc) is 2.87. The summed E-state index contributed by atoms with van der Waals surface area (Å²) in [7, 11) is 0. The quantitative estimate of drug-likeness (QED) is 0.306. The van der Waals surface area contributed by atoms with Gasteiger partial charge in [0, 0.05) is 18.1 Å². The van der Waals surface area contributed by atoms with Gasteiger partial charge >= 0.3 is 17.9 Å². The molecule has 3 amide bonds. The third-order valence-electron chi connectivity index (χ3n) is 5.21. The number of unbranched alkanes of at least 4 members (excludes halogenated alkanes) is 2. The fourth-order valence-corrected chi connectivity index (χ4v) is 3.45.